The van der Waals surface area contributed by atoms with Crippen LogP contribution in [0, 0.1) is 6.92 Å². The number of carbonyl (C=O) groups is 1. The zero-order valence-electron chi connectivity index (χ0n) is 12.8. The van der Waals surface area contributed by atoms with Gasteiger partial charge in [0, 0.05) is 10.7 Å². The molecule has 1 amide bonds. The number of benzene rings is 2. The maximum atomic E-state index is 12.3. The Balaban J connectivity index is 1.92. The molecule has 1 heterocycles. The first-order valence-electron chi connectivity index (χ1n) is 7.23. The lowest BCUT2D eigenvalue weighted by Crippen LogP contribution is -2.34. The molecule has 1 aromatic heterocycles. The molecule has 3 aromatic rings. The molecule has 7 heteroatoms. The molecule has 0 radical (unpaired) electrons. The van der Waals surface area contributed by atoms with Gasteiger partial charge in [0.15, 0.2) is 0 Å². The van der Waals surface area contributed by atoms with Crippen molar-refractivity contribution in [2.24, 2.45) is 0 Å². The van der Waals surface area contributed by atoms with E-state index in [1.165, 1.54) is 4.57 Å². The number of aromatic nitrogens is 2. The lowest BCUT2D eigenvalue weighted by Gasteiger charge is -2.10. The highest BCUT2D eigenvalue weighted by atomic mass is 35.5. The number of H-pyrrole nitrogens is 1. The summed E-state index contributed by atoms with van der Waals surface area (Å²) in [7, 11) is 0. The van der Waals surface area contributed by atoms with Gasteiger partial charge in [-0.15, -0.1) is 0 Å². The van der Waals surface area contributed by atoms with Crippen LogP contribution in [0.1, 0.15) is 5.56 Å². The van der Waals surface area contributed by atoms with Gasteiger partial charge in [-0.3, -0.25) is 19.1 Å². The second-order valence-electron chi connectivity index (χ2n) is 5.37. The van der Waals surface area contributed by atoms with Gasteiger partial charge < -0.3 is 5.32 Å². The summed E-state index contributed by atoms with van der Waals surface area (Å²) in [6, 6.07) is 11.8. The van der Waals surface area contributed by atoms with E-state index in [0.29, 0.717) is 21.6 Å². The molecule has 2 aromatic carbocycles. The monoisotopic (exact) mass is 343 g/mol. The fourth-order valence-corrected chi connectivity index (χ4v) is 2.59. The van der Waals surface area contributed by atoms with Gasteiger partial charge in [0.25, 0.3) is 5.56 Å². The quantitative estimate of drug-likeness (QED) is 0.765. The van der Waals surface area contributed by atoms with Gasteiger partial charge in [0.2, 0.25) is 5.91 Å². The first-order chi connectivity index (χ1) is 11.5. The number of hydrogen-bond donors (Lipinski definition) is 2. The lowest BCUT2D eigenvalue weighted by atomic mass is 10.2. The number of hydrogen-bond acceptors (Lipinski definition) is 3. The van der Waals surface area contributed by atoms with E-state index in [-0.39, 0.29) is 6.54 Å². The summed E-state index contributed by atoms with van der Waals surface area (Å²) in [5.74, 6) is -0.394. The predicted octanol–water partition coefficient (Wildman–Crippen LogP) is 2.29. The van der Waals surface area contributed by atoms with E-state index in [9.17, 15) is 14.4 Å². The molecule has 2 N–H and O–H groups in total. The molecule has 0 aliphatic carbocycles. The zero-order chi connectivity index (χ0) is 17.3. The Morgan fingerprint density at radius 3 is 2.71 bits per heavy atom. The number of nitrogens with zero attached hydrogens (tertiary/aromatic N) is 1. The van der Waals surface area contributed by atoms with E-state index in [4.69, 9.17) is 11.6 Å². The van der Waals surface area contributed by atoms with Crippen molar-refractivity contribution in [2.45, 2.75) is 13.5 Å². The number of aromatic amines is 1. The Kier molecular flexibility index (Phi) is 4.22. The van der Waals surface area contributed by atoms with Crippen molar-refractivity contribution in [3.05, 3.63) is 73.9 Å². The molecule has 24 heavy (non-hydrogen) atoms. The molecule has 0 saturated carbocycles. The topological polar surface area (TPSA) is 84.0 Å². The summed E-state index contributed by atoms with van der Waals surface area (Å²) in [6.45, 7) is 1.64. The first-order valence-corrected chi connectivity index (χ1v) is 7.61. The third kappa shape index (κ3) is 3.09. The van der Waals surface area contributed by atoms with Gasteiger partial charge in [-0.05, 0) is 36.8 Å². The van der Waals surface area contributed by atoms with Crippen molar-refractivity contribution < 1.29 is 4.79 Å². The minimum atomic E-state index is -0.629. The lowest BCUT2D eigenvalue weighted by molar-refractivity contribution is -0.116. The number of nitrogens with one attached hydrogen (secondary N) is 2. The van der Waals surface area contributed by atoms with E-state index < -0.39 is 17.2 Å². The fourth-order valence-electron chi connectivity index (χ4n) is 2.41. The molecule has 0 aliphatic rings. The Morgan fingerprint density at radius 2 is 1.96 bits per heavy atom. The standard InChI is InChI=1S/C17H14ClN3O3/c1-10-6-7-11(8-13(10)18)19-15(22)9-21-14-5-3-2-4-12(14)16(23)20-17(21)24/h2-8H,9H2,1H3,(H,19,22)(H,20,23,24). The van der Waals surface area contributed by atoms with E-state index in [2.05, 4.69) is 10.3 Å². The summed E-state index contributed by atoms with van der Waals surface area (Å²) in [5, 5.41) is 3.58. The van der Waals surface area contributed by atoms with Crippen LogP contribution >= 0.6 is 11.6 Å². The third-order valence-electron chi connectivity index (χ3n) is 3.66. The number of rotatable bonds is 3. The Morgan fingerprint density at radius 1 is 1.21 bits per heavy atom. The Labute approximate surface area is 141 Å². The minimum Gasteiger partial charge on any atom is -0.324 e. The summed E-state index contributed by atoms with van der Waals surface area (Å²) in [6.07, 6.45) is 0. The summed E-state index contributed by atoms with van der Waals surface area (Å²) in [5.41, 5.74) is 0.742. The van der Waals surface area contributed by atoms with Crippen molar-refractivity contribution >= 4 is 34.1 Å². The molecule has 0 bridgehead atoms. The number of aryl methyl sites for hydroxylation is 1. The van der Waals surface area contributed by atoms with Crippen LogP contribution in [0.25, 0.3) is 10.9 Å². The minimum absolute atomic E-state index is 0.221. The Bertz CT molecular complexity index is 1050. The number of carbonyl (C=O) groups excluding carboxylic acids is 1. The normalized spacial score (nSPS) is 10.8. The van der Waals surface area contributed by atoms with Crippen LogP contribution in [0.15, 0.2) is 52.1 Å². The van der Waals surface area contributed by atoms with Crippen LogP contribution in [-0.4, -0.2) is 15.5 Å². The van der Waals surface area contributed by atoms with Crippen LogP contribution in [0.5, 0.6) is 0 Å². The predicted molar refractivity (Wildman–Crippen MR) is 93.6 cm³/mol. The second-order valence-corrected chi connectivity index (χ2v) is 5.78. The molecule has 0 unspecified atom stereocenters. The first kappa shape index (κ1) is 16.0. The van der Waals surface area contributed by atoms with E-state index in [0.717, 1.165) is 5.56 Å². The summed E-state index contributed by atoms with van der Waals surface area (Å²) < 4.78 is 1.22. The van der Waals surface area contributed by atoms with E-state index in [1.807, 2.05) is 6.92 Å². The molecule has 0 spiro atoms. The van der Waals surface area contributed by atoms with Crippen molar-refractivity contribution in [2.75, 3.05) is 5.32 Å². The average molecular weight is 344 g/mol. The molecule has 6 nitrogen and oxygen atoms in total. The number of fused-ring (bicyclic) bond motifs is 1. The molecule has 3 rings (SSSR count). The van der Waals surface area contributed by atoms with Crippen molar-refractivity contribution in [1.29, 1.82) is 0 Å². The SMILES string of the molecule is Cc1ccc(NC(=O)Cn2c(=O)[nH]c(=O)c3ccccc32)cc1Cl. The van der Waals surface area contributed by atoms with Crippen LogP contribution in [0.2, 0.25) is 5.02 Å². The van der Waals surface area contributed by atoms with Crippen molar-refractivity contribution in [3.63, 3.8) is 0 Å². The number of halogens is 1. The summed E-state index contributed by atoms with van der Waals surface area (Å²) in [4.78, 5) is 38.3. The molecular weight excluding hydrogens is 330 g/mol. The van der Waals surface area contributed by atoms with Gasteiger partial charge in [-0.1, -0.05) is 29.8 Å². The number of para-hydroxylation sites is 1. The smallest absolute Gasteiger partial charge is 0.324 e. The van der Waals surface area contributed by atoms with Gasteiger partial charge in [-0.25, -0.2) is 4.79 Å². The maximum absolute atomic E-state index is 12.3. The van der Waals surface area contributed by atoms with E-state index >= 15 is 0 Å². The Hall–Kier alpha value is -2.86. The molecule has 0 saturated heterocycles. The molecule has 122 valence electrons. The van der Waals surface area contributed by atoms with Crippen LogP contribution in [0.4, 0.5) is 5.69 Å². The third-order valence-corrected chi connectivity index (χ3v) is 4.07. The number of anilines is 1. The second kappa shape index (κ2) is 6.33. The number of amides is 1. The van der Waals surface area contributed by atoms with Gasteiger partial charge in [0.05, 0.1) is 10.9 Å². The molecular formula is C17H14ClN3O3. The highest BCUT2D eigenvalue weighted by molar-refractivity contribution is 6.31. The van der Waals surface area contributed by atoms with Gasteiger partial charge >= 0.3 is 5.69 Å². The van der Waals surface area contributed by atoms with Crippen molar-refractivity contribution in [3.8, 4) is 0 Å². The maximum Gasteiger partial charge on any atom is 0.329 e. The van der Waals surface area contributed by atoms with Gasteiger partial charge in [-0.2, -0.15) is 0 Å². The molecule has 0 aliphatic heterocycles. The van der Waals surface area contributed by atoms with Crippen LogP contribution in [0.3, 0.4) is 0 Å². The van der Waals surface area contributed by atoms with Crippen LogP contribution in [-0.2, 0) is 11.3 Å². The van der Waals surface area contributed by atoms with Gasteiger partial charge in [0.1, 0.15) is 6.54 Å². The van der Waals surface area contributed by atoms with E-state index in [1.54, 1.807) is 42.5 Å². The van der Waals surface area contributed by atoms with Crippen molar-refractivity contribution in [1.82, 2.24) is 9.55 Å². The van der Waals surface area contributed by atoms with Crippen LogP contribution < -0.4 is 16.6 Å². The summed E-state index contributed by atoms with van der Waals surface area (Å²) >= 11 is 6.03. The fraction of sp³-hybridized carbons (Fsp3) is 0.118. The highest BCUT2D eigenvalue weighted by Gasteiger charge is 2.11. The average Bonchev–Trinajstić information content (AvgIpc) is 2.55. The highest BCUT2D eigenvalue weighted by Crippen LogP contribution is 2.20. The molecule has 0 atom stereocenters. The largest absolute Gasteiger partial charge is 0.329 e. The molecule has 0 fully saturated rings. The zero-order valence-corrected chi connectivity index (χ0v) is 13.6.